The number of aromatic nitrogens is 1. The average Bonchev–Trinajstić information content (AvgIpc) is 3.16. The fourth-order valence-electron chi connectivity index (χ4n) is 3.99. The van der Waals surface area contributed by atoms with Gasteiger partial charge in [0.05, 0.1) is 0 Å². The van der Waals surface area contributed by atoms with Crippen molar-refractivity contribution in [2.75, 3.05) is 0 Å². The van der Waals surface area contributed by atoms with E-state index in [1.807, 2.05) is 11.3 Å². The van der Waals surface area contributed by atoms with Crippen molar-refractivity contribution in [2.45, 2.75) is 45.4 Å². The van der Waals surface area contributed by atoms with Gasteiger partial charge in [0.15, 0.2) is 0 Å². The minimum atomic E-state index is 0.0998. The van der Waals surface area contributed by atoms with Gasteiger partial charge < -0.3 is 4.57 Å². The summed E-state index contributed by atoms with van der Waals surface area (Å²) >= 11 is 1.94. The molecule has 0 N–H and O–H groups in total. The first-order valence-electron chi connectivity index (χ1n) is 9.42. The van der Waals surface area contributed by atoms with E-state index in [2.05, 4.69) is 94.0 Å². The molecule has 0 saturated heterocycles. The number of rotatable bonds is 4. The smallest absolute Gasteiger partial charge is 0.0480 e. The minimum absolute atomic E-state index is 0.0998. The maximum absolute atomic E-state index is 2.40. The van der Waals surface area contributed by atoms with Gasteiger partial charge in [-0.05, 0) is 58.5 Å². The Kier molecular flexibility index (Phi) is 4.19. The second-order valence-electron chi connectivity index (χ2n) is 8.39. The highest BCUT2D eigenvalue weighted by molar-refractivity contribution is 7.19. The van der Waals surface area contributed by atoms with Gasteiger partial charge in [-0.3, -0.25) is 0 Å². The predicted molar refractivity (Wildman–Crippen MR) is 116 cm³/mol. The fraction of sp³-hybridized carbons (Fsp3) is 0.333. The Morgan fingerprint density at radius 3 is 2.62 bits per heavy atom. The Bertz CT molecular complexity index is 1080. The summed E-state index contributed by atoms with van der Waals surface area (Å²) in [5.74, 6) is 0.579. The van der Waals surface area contributed by atoms with Gasteiger partial charge in [0.1, 0.15) is 0 Å². The number of nitrogens with zero attached hydrogens (tertiary/aromatic N) is 1. The lowest BCUT2D eigenvalue weighted by molar-refractivity contribution is 0.532. The van der Waals surface area contributed by atoms with Crippen molar-refractivity contribution >= 4 is 32.3 Å². The lowest BCUT2D eigenvalue weighted by atomic mass is 9.79. The van der Waals surface area contributed by atoms with Crippen molar-refractivity contribution in [1.29, 1.82) is 0 Å². The first-order chi connectivity index (χ1) is 12.3. The molecule has 1 nitrogen and oxygen atoms in total. The standard InChI is InChI=1S/C24H27NS/c1-16(2)17-9-10-23-18(13-17)14-19(26-23)15-24(3,4)21-7-6-8-22-20(21)11-12-25(22)5/h6-14,16H,15H2,1-5H3. The first-order valence-corrected chi connectivity index (χ1v) is 10.2. The van der Waals surface area contributed by atoms with E-state index in [-0.39, 0.29) is 5.41 Å². The highest BCUT2D eigenvalue weighted by Crippen LogP contribution is 2.37. The van der Waals surface area contributed by atoms with Crippen LogP contribution in [0.1, 0.15) is 49.6 Å². The zero-order valence-corrected chi connectivity index (χ0v) is 17.2. The molecule has 0 aliphatic heterocycles. The summed E-state index contributed by atoms with van der Waals surface area (Å²) in [5, 5.41) is 2.77. The van der Waals surface area contributed by atoms with Crippen LogP contribution in [0.15, 0.2) is 54.7 Å². The third kappa shape index (κ3) is 2.97. The van der Waals surface area contributed by atoms with Crippen molar-refractivity contribution in [3.63, 3.8) is 0 Å². The van der Waals surface area contributed by atoms with Crippen molar-refractivity contribution in [3.05, 3.63) is 70.7 Å². The molecule has 0 saturated carbocycles. The van der Waals surface area contributed by atoms with Gasteiger partial charge in [-0.15, -0.1) is 11.3 Å². The zero-order chi connectivity index (χ0) is 18.5. The summed E-state index contributed by atoms with van der Waals surface area (Å²) in [7, 11) is 2.12. The van der Waals surface area contributed by atoms with E-state index in [1.54, 1.807) is 0 Å². The van der Waals surface area contributed by atoms with Crippen LogP contribution in [0.5, 0.6) is 0 Å². The van der Waals surface area contributed by atoms with Crippen LogP contribution in [0.4, 0.5) is 0 Å². The summed E-state index contributed by atoms with van der Waals surface area (Å²) in [6, 6.07) is 18.3. The molecule has 4 rings (SSSR count). The van der Waals surface area contributed by atoms with E-state index in [9.17, 15) is 0 Å². The summed E-state index contributed by atoms with van der Waals surface area (Å²) < 4.78 is 3.61. The topological polar surface area (TPSA) is 4.93 Å². The Morgan fingerprint density at radius 2 is 1.85 bits per heavy atom. The van der Waals surface area contributed by atoms with Crippen molar-refractivity contribution in [2.24, 2.45) is 7.05 Å². The van der Waals surface area contributed by atoms with Crippen LogP contribution in [-0.4, -0.2) is 4.57 Å². The monoisotopic (exact) mass is 361 g/mol. The quantitative estimate of drug-likeness (QED) is 0.367. The number of hydrogen-bond acceptors (Lipinski definition) is 1. The first kappa shape index (κ1) is 17.4. The van der Waals surface area contributed by atoms with E-state index in [1.165, 1.54) is 37.0 Å². The molecule has 0 aliphatic carbocycles. The molecule has 0 unspecified atom stereocenters. The zero-order valence-electron chi connectivity index (χ0n) is 16.3. The van der Waals surface area contributed by atoms with Crippen molar-refractivity contribution in [3.8, 4) is 0 Å². The lowest BCUT2D eigenvalue weighted by Crippen LogP contribution is -2.20. The molecular formula is C24H27NS. The minimum Gasteiger partial charge on any atom is -0.351 e. The molecule has 134 valence electrons. The van der Waals surface area contributed by atoms with E-state index >= 15 is 0 Å². The van der Waals surface area contributed by atoms with E-state index in [0.717, 1.165) is 6.42 Å². The number of aryl methyl sites for hydroxylation is 1. The van der Waals surface area contributed by atoms with Gasteiger partial charge in [0, 0.05) is 33.7 Å². The predicted octanol–water partition coefficient (Wildman–Crippen LogP) is 7.04. The fourth-order valence-corrected chi connectivity index (χ4v) is 5.26. The highest BCUT2D eigenvalue weighted by atomic mass is 32.1. The normalized spacial score (nSPS) is 12.5. The van der Waals surface area contributed by atoms with Crippen LogP contribution in [0.2, 0.25) is 0 Å². The molecule has 0 spiro atoms. The van der Waals surface area contributed by atoms with Crippen molar-refractivity contribution < 1.29 is 0 Å². The van der Waals surface area contributed by atoms with Crippen LogP contribution in [0.25, 0.3) is 21.0 Å². The molecule has 2 heteroatoms. The maximum atomic E-state index is 2.40. The van der Waals surface area contributed by atoms with Gasteiger partial charge in [-0.2, -0.15) is 0 Å². The van der Waals surface area contributed by atoms with Crippen LogP contribution in [0, 0.1) is 0 Å². The van der Waals surface area contributed by atoms with E-state index in [0.29, 0.717) is 5.92 Å². The SMILES string of the molecule is CC(C)c1ccc2sc(CC(C)(C)c3cccc4c3ccn4C)cc2c1. The van der Waals surface area contributed by atoms with E-state index < -0.39 is 0 Å². The van der Waals surface area contributed by atoms with Gasteiger partial charge in [-0.1, -0.05) is 52.0 Å². The van der Waals surface area contributed by atoms with E-state index in [4.69, 9.17) is 0 Å². The third-order valence-corrected chi connectivity index (χ3v) is 6.65. The molecule has 2 heterocycles. The molecular weight excluding hydrogens is 334 g/mol. The number of hydrogen-bond donors (Lipinski definition) is 0. The summed E-state index contributed by atoms with van der Waals surface area (Å²) in [5.41, 5.74) is 4.28. The Labute approximate surface area is 160 Å². The second-order valence-corrected chi connectivity index (χ2v) is 9.56. The summed E-state index contributed by atoms with van der Waals surface area (Å²) in [6.45, 7) is 9.27. The molecule has 0 radical (unpaired) electrons. The molecule has 0 atom stereocenters. The third-order valence-electron chi connectivity index (χ3n) is 5.53. The average molecular weight is 362 g/mol. The maximum Gasteiger partial charge on any atom is 0.0480 e. The van der Waals surface area contributed by atoms with Crippen LogP contribution < -0.4 is 0 Å². The van der Waals surface area contributed by atoms with Crippen LogP contribution in [-0.2, 0) is 18.9 Å². The Hall–Kier alpha value is -2.06. The molecule has 0 amide bonds. The molecule has 2 aromatic carbocycles. The molecule has 0 fully saturated rings. The second kappa shape index (κ2) is 6.28. The van der Waals surface area contributed by atoms with Gasteiger partial charge in [0.25, 0.3) is 0 Å². The Balaban J connectivity index is 1.72. The molecule has 0 aliphatic rings. The Morgan fingerprint density at radius 1 is 1.04 bits per heavy atom. The molecule has 4 aromatic rings. The molecule has 26 heavy (non-hydrogen) atoms. The number of fused-ring (bicyclic) bond motifs is 2. The molecule has 2 aromatic heterocycles. The van der Waals surface area contributed by atoms with Gasteiger partial charge in [0.2, 0.25) is 0 Å². The number of benzene rings is 2. The van der Waals surface area contributed by atoms with Gasteiger partial charge in [-0.25, -0.2) is 0 Å². The van der Waals surface area contributed by atoms with Crippen molar-refractivity contribution in [1.82, 2.24) is 4.57 Å². The van der Waals surface area contributed by atoms with Gasteiger partial charge >= 0.3 is 0 Å². The number of thiophene rings is 1. The molecule has 0 bridgehead atoms. The highest BCUT2D eigenvalue weighted by Gasteiger charge is 2.25. The summed E-state index contributed by atoms with van der Waals surface area (Å²) in [6.07, 6.45) is 3.23. The summed E-state index contributed by atoms with van der Waals surface area (Å²) in [4.78, 5) is 1.47. The lowest BCUT2D eigenvalue weighted by Gasteiger charge is -2.25. The van der Waals surface area contributed by atoms with Crippen LogP contribution >= 0.6 is 11.3 Å². The van der Waals surface area contributed by atoms with Crippen LogP contribution in [0.3, 0.4) is 0 Å². The largest absolute Gasteiger partial charge is 0.351 e.